The predicted octanol–water partition coefficient (Wildman–Crippen LogP) is 2.99. The number of hydrogen-bond donors (Lipinski definition) is 2. The van der Waals surface area contributed by atoms with Crippen LogP contribution in [0.15, 0.2) is 40.9 Å². The zero-order valence-electron chi connectivity index (χ0n) is 13.3. The van der Waals surface area contributed by atoms with E-state index in [0.29, 0.717) is 10.0 Å². The van der Waals surface area contributed by atoms with Gasteiger partial charge in [0.2, 0.25) is 0 Å². The zero-order valence-corrected chi connectivity index (χ0v) is 14.9. The number of aromatic hydroxyl groups is 2. The average molecular weight is 408 g/mol. The molecule has 0 aliphatic heterocycles. The van der Waals surface area contributed by atoms with Gasteiger partial charge in [0.15, 0.2) is 0 Å². The number of nitrogens with zero attached hydrogens (tertiary/aromatic N) is 1. The molecule has 7 nitrogen and oxygen atoms in total. The highest BCUT2D eigenvalue weighted by Gasteiger charge is 2.08. The van der Waals surface area contributed by atoms with Gasteiger partial charge < -0.3 is 19.7 Å². The highest BCUT2D eigenvalue weighted by molar-refractivity contribution is 9.10. The third-order valence-electron chi connectivity index (χ3n) is 2.91. The Morgan fingerprint density at radius 1 is 0.960 bits per heavy atom. The van der Waals surface area contributed by atoms with Crippen molar-refractivity contribution in [3.8, 4) is 17.6 Å². The summed E-state index contributed by atoms with van der Waals surface area (Å²) in [7, 11) is 2.56. The van der Waals surface area contributed by atoms with Gasteiger partial charge in [-0.1, -0.05) is 0 Å². The van der Waals surface area contributed by atoms with Gasteiger partial charge in [-0.05, 0) is 52.3 Å². The number of halogens is 1. The van der Waals surface area contributed by atoms with Crippen molar-refractivity contribution in [3.63, 3.8) is 0 Å². The molecule has 0 spiro atoms. The molecule has 0 aromatic heterocycles. The molecule has 0 fully saturated rings. The predicted molar refractivity (Wildman–Crippen MR) is 91.3 cm³/mol. The molecule has 0 atom stereocenters. The minimum absolute atomic E-state index is 0.0582. The van der Waals surface area contributed by atoms with E-state index >= 15 is 0 Å². The highest BCUT2D eigenvalue weighted by atomic mass is 79.9. The van der Waals surface area contributed by atoms with Crippen molar-refractivity contribution in [2.45, 2.75) is 0 Å². The lowest BCUT2D eigenvalue weighted by molar-refractivity contribution is 0.0591. The van der Waals surface area contributed by atoms with E-state index in [2.05, 4.69) is 25.4 Å². The Kier molecular flexibility index (Phi) is 7.43. The second-order valence-corrected chi connectivity index (χ2v) is 5.35. The maximum absolute atomic E-state index is 11.0. The van der Waals surface area contributed by atoms with E-state index in [-0.39, 0.29) is 22.6 Å². The van der Waals surface area contributed by atoms with Crippen molar-refractivity contribution in [2.75, 3.05) is 14.2 Å². The summed E-state index contributed by atoms with van der Waals surface area (Å²) in [5, 5.41) is 26.7. The van der Waals surface area contributed by atoms with Gasteiger partial charge in [0.25, 0.3) is 0 Å². The Labute approximate surface area is 152 Å². The van der Waals surface area contributed by atoms with Crippen molar-refractivity contribution in [1.29, 1.82) is 5.26 Å². The van der Waals surface area contributed by atoms with Gasteiger partial charge in [-0.2, -0.15) is 5.26 Å². The number of carbonyl (C=O) groups is 2. The van der Waals surface area contributed by atoms with Crippen molar-refractivity contribution < 1.29 is 29.3 Å². The molecule has 2 rings (SSSR count). The van der Waals surface area contributed by atoms with E-state index < -0.39 is 11.9 Å². The summed E-state index contributed by atoms with van der Waals surface area (Å²) in [5.74, 6) is -0.995. The first kappa shape index (κ1) is 20.0. The largest absolute Gasteiger partial charge is 0.507 e. The smallest absolute Gasteiger partial charge is 0.337 e. The van der Waals surface area contributed by atoms with E-state index in [9.17, 15) is 9.59 Å². The molecule has 8 heteroatoms. The van der Waals surface area contributed by atoms with Crippen molar-refractivity contribution in [3.05, 3.63) is 57.6 Å². The van der Waals surface area contributed by atoms with Crippen LogP contribution < -0.4 is 0 Å². The molecule has 0 aliphatic carbocycles. The Hall–Kier alpha value is -3.05. The molecule has 0 amide bonds. The van der Waals surface area contributed by atoms with E-state index in [1.807, 2.05) is 0 Å². The van der Waals surface area contributed by atoms with Gasteiger partial charge in [0, 0.05) is 0 Å². The number of hydrogen-bond acceptors (Lipinski definition) is 7. The molecular formula is C17H14BrNO6. The second-order valence-electron chi connectivity index (χ2n) is 4.49. The third-order valence-corrected chi connectivity index (χ3v) is 3.54. The molecule has 25 heavy (non-hydrogen) atoms. The maximum atomic E-state index is 11.0. The minimum atomic E-state index is -0.531. The van der Waals surface area contributed by atoms with E-state index in [0.717, 1.165) is 0 Å². The molecule has 2 aromatic carbocycles. The monoisotopic (exact) mass is 407 g/mol. The van der Waals surface area contributed by atoms with Crippen LogP contribution in [0, 0.1) is 11.3 Å². The number of methoxy groups -OCH3 is 2. The summed E-state index contributed by atoms with van der Waals surface area (Å²) >= 11 is 3.09. The van der Waals surface area contributed by atoms with Gasteiger partial charge in [-0.25, -0.2) is 9.59 Å². The SMILES string of the molecule is COC(=O)c1ccc(O)c(Br)c1.COC(=O)c1ccc(O)c(C#N)c1. The molecule has 0 radical (unpaired) electrons. The summed E-state index contributed by atoms with van der Waals surface area (Å²) in [6.07, 6.45) is 0. The van der Waals surface area contributed by atoms with Crippen LogP contribution in [0.2, 0.25) is 0 Å². The van der Waals surface area contributed by atoms with Gasteiger partial charge in [0.1, 0.15) is 17.6 Å². The van der Waals surface area contributed by atoms with Crippen LogP contribution in [-0.4, -0.2) is 36.4 Å². The number of ether oxygens (including phenoxy) is 2. The standard InChI is InChI=1S/C9H7NO3.C8H7BrO3/c1-13-9(12)6-2-3-8(11)7(4-6)5-10;1-12-8(11)5-2-3-7(10)6(9)4-5/h2-4,11H,1H3;2-4,10H,1H3. The Morgan fingerprint density at radius 2 is 1.44 bits per heavy atom. The number of benzene rings is 2. The number of carbonyl (C=O) groups excluding carboxylic acids is 2. The van der Waals surface area contributed by atoms with Crippen molar-refractivity contribution in [1.82, 2.24) is 0 Å². The molecule has 0 saturated heterocycles. The molecule has 2 aromatic rings. The van der Waals surface area contributed by atoms with Crippen molar-refractivity contribution in [2.24, 2.45) is 0 Å². The molecule has 2 N–H and O–H groups in total. The van der Waals surface area contributed by atoms with Crippen LogP contribution in [0.4, 0.5) is 0 Å². The fourth-order valence-electron chi connectivity index (χ4n) is 1.62. The number of phenols is 2. The molecule has 0 unspecified atom stereocenters. The van der Waals surface area contributed by atoms with Gasteiger partial charge >= 0.3 is 11.9 Å². The first-order valence-corrected chi connectivity index (χ1v) is 7.51. The summed E-state index contributed by atoms with van der Waals surface area (Å²) in [6, 6.07) is 10.1. The zero-order chi connectivity index (χ0) is 19.0. The normalized spacial score (nSPS) is 9.20. The van der Waals surface area contributed by atoms with Gasteiger partial charge in [-0.3, -0.25) is 0 Å². The lowest BCUT2D eigenvalue weighted by Gasteiger charge is -2.00. The Morgan fingerprint density at radius 3 is 1.88 bits per heavy atom. The Balaban J connectivity index is 0.000000251. The number of nitriles is 1. The average Bonchev–Trinajstić information content (AvgIpc) is 2.63. The molecule has 0 aliphatic rings. The Bertz CT molecular complexity index is 828. The van der Waals surface area contributed by atoms with E-state index in [1.54, 1.807) is 6.07 Å². The molecule has 130 valence electrons. The summed E-state index contributed by atoms with van der Waals surface area (Å²) < 4.78 is 9.41. The summed E-state index contributed by atoms with van der Waals surface area (Å²) in [4.78, 5) is 21.9. The van der Waals surface area contributed by atoms with Crippen LogP contribution in [0.25, 0.3) is 0 Å². The van der Waals surface area contributed by atoms with Crippen LogP contribution in [-0.2, 0) is 9.47 Å². The lowest BCUT2D eigenvalue weighted by atomic mass is 10.1. The van der Waals surface area contributed by atoms with Crippen molar-refractivity contribution >= 4 is 27.9 Å². The van der Waals surface area contributed by atoms with Crippen LogP contribution in [0.1, 0.15) is 26.3 Å². The quantitative estimate of drug-likeness (QED) is 0.734. The van der Waals surface area contributed by atoms with Crippen LogP contribution >= 0.6 is 15.9 Å². The topological polar surface area (TPSA) is 117 Å². The van der Waals surface area contributed by atoms with E-state index in [1.165, 1.54) is 50.6 Å². The van der Waals surface area contributed by atoms with Gasteiger partial charge in [0.05, 0.1) is 35.4 Å². The minimum Gasteiger partial charge on any atom is -0.507 e. The molecular weight excluding hydrogens is 394 g/mol. The summed E-state index contributed by atoms with van der Waals surface area (Å²) in [6.45, 7) is 0. The lowest BCUT2D eigenvalue weighted by Crippen LogP contribution is -2.00. The van der Waals surface area contributed by atoms with E-state index in [4.69, 9.17) is 15.5 Å². The summed E-state index contributed by atoms with van der Waals surface area (Å²) in [5.41, 5.74) is 0.710. The molecule has 0 bridgehead atoms. The number of rotatable bonds is 2. The van der Waals surface area contributed by atoms with Crippen LogP contribution in [0.5, 0.6) is 11.5 Å². The first-order valence-electron chi connectivity index (χ1n) is 6.72. The van der Waals surface area contributed by atoms with Crippen LogP contribution in [0.3, 0.4) is 0 Å². The van der Waals surface area contributed by atoms with Gasteiger partial charge in [-0.15, -0.1) is 0 Å². The number of esters is 2. The maximum Gasteiger partial charge on any atom is 0.337 e. The fraction of sp³-hybridized carbons (Fsp3) is 0.118. The molecule has 0 saturated carbocycles. The third kappa shape index (κ3) is 5.51. The first-order chi connectivity index (χ1) is 11.8. The highest BCUT2D eigenvalue weighted by Crippen LogP contribution is 2.24. The fourth-order valence-corrected chi connectivity index (χ4v) is 2.00. The second kappa shape index (κ2) is 9.30. The molecule has 0 heterocycles. The number of phenolic OH excluding ortho intramolecular Hbond substituents is 2.